The molecule has 1 amide bonds. The Balaban J connectivity index is 2.01. The molecular formula is C14H13ClN2O2. The van der Waals surface area contributed by atoms with Gasteiger partial charge in [-0.2, -0.15) is 9.72 Å². The molecule has 1 N–H and O–H groups in total. The van der Waals surface area contributed by atoms with Crippen LogP contribution >= 0.6 is 11.6 Å². The zero-order valence-electron chi connectivity index (χ0n) is 10.2. The number of aromatic nitrogens is 1. The van der Waals surface area contributed by atoms with Crippen LogP contribution in [0, 0.1) is 0 Å². The second-order valence-electron chi connectivity index (χ2n) is 4.04. The van der Waals surface area contributed by atoms with Gasteiger partial charge in [0.15, 0.2) is 5.49 Å². The summed E-state index contributed by atoms with van der Waals surface area (Å²) >= 11 is 5.78. The molecule has 1 aromatic heterocycles. The zero-order valence-corrected chi connectivity index (χ0v) is 10.9. The molecule has 98 valence electrons. The Morgan fingerprint density at radius 1 is 1.21 bits per heavy atom. The molecule has 2 aromatic rings. The number of aryl methyl sites for hydroxylation is 1. The van der Waals surface area contributed by atoms with Gasteiger partial charge in [-0.05, 0) is 36.2 Å². The maximum Gasteiger partial charge on any atom is 0.248 e. The first-order valence-electron chi connectivity index (χ1n) is 5.84. The van der Waals surface area contributed by atoms with Gasteiger partial charge < -0.3 is 5.21 Å². The van der Waals surface area contributed by atoms with E-state index in [9.17, 15) is 10.0 Å². The quantitative estimate of drug-likeness (QED) is 0.876. The third-order valence-corrected chi connectivity index (χ3v) is 2.85. The van der Waals surface area contributed by atoms with Crippen molar-refractivity contribution in [2.24, 2.45) is 4.99 Å². The van der Waals surface area contributed by atoms with E-state index in [4.69, 9.17) is 11.6 Å². The summed E-state index contributed by atoms with van der Waals surface area (Å²) in [7, 11) is 0. The molecule has 4 nitrogen and oxygen atoms in total. The van der Waals surface area contributed by atoms with E-state index < -0.39 is 0 Å². The maximum absolute atomic E-state index is 11.7. The molecule has 0 unspecified atom stereocenters. The highest BCUT2D eigenvalue weighted by atomic mass is 35.5. The van der Waals surface area contributed by atoms with Gasteiger partial charge in [0.25, 0.3) is 0 Å². The number of amides is 1. The smallest absolute Gasteiger partial charge is 0.248 e. The van der Waals surface area contributed by atoms with Gasteiger partial charge >= 0.3 is 0 Å². The van der Waals surface area contributed by atoms with E-state index in [0.717, 1.165) is 10.3 Å². The standard InChI is InChI=1S/C14H13ClN2O2/c15-12-7-4-11(5-8-12)6-9-14(18)16-13-3-1-2-10-17(13)19/h1-5,7-8,10,19H,6,9H2. The van der Waals surface area contributed by atoms with Crippen molar-refractivity contribution in [1.29, 1.82) is 0 Å². The summed E-state index contributed by atoms with van der Waals surface area (Å²) in [6.45, 7) is 0. The van der Waals surface area contributed by atoms with Crippen LogP contribution in [0.5, 0.6) is 0 Å². The number of pyridine rings is 1. The van der Waals surface area contributed by atoms with Crippen LogP contribution < -0.4 is 5.49 Å². The Labute approximate surface area is 115 Å². The molecule has 0 aliphatic carbocycles. The fourth-order valence-electron chi connectivity index (χ4n) is 1.60. The highest BCUT2D eigenvalue weighted by Crippen LogP contribution is 2.11. The van der Waals surface area contributed by atoms with Crippen molar-refractivity contribution in [1.82, 2.24) is 4.73 Å². The van der Waals surface area contributed by atoms with Gasteiger partial charge in [-0.1, -0.05) is 29.8 Å². The average Bonchev–Trinajstić information content (AvgIpc) is 2.41. The third kappa shape index (κ3) is 3.96. The molecule has 0 spiro atoms. The third-order valence-electron chi connectivity index (χ3n) is 2.60. The highest BCUT2D eigenvalue weighted by Gasteiger charge is 2.01. The monoisotopic (exact) mass is 276 g/mol. The van der Waals surface area contributed by atoms with Crippen LogP contribution in [0.1, 0.15) is 12.0 Å². The molecule has 0 saturated carbocycles. The molecule has 0 saturated heterocycles. The molecule has 1 heterocycles. The fraction of sp³-hybridized carbons (Fsp3) is 0.143. The molecule has 2 rings (SSSR count). The van der Waals surface area contributed by atoms with E-state index in [0.29, 0.717) is 11.4 Å². The van der Waals surface area contributed by atoms with Gasteiger partial charge in [0, 0.05) is 17.6 Å². The van der Waals surface area contributed by atoms with E-state index in [1.54, 1.807) is 30.3 Å². The Morgan fingerprint density at radius 2 is 1.95 bits per heavy atom. The van der Waals surface area contributed by atoms with Crippen molar-refractivity contribution in [2.45, 2.75) is 12.8 Å². The lowest BCUT2D eigenvalue weighted by atomic mass is 10.1. The van der Waals surface area contributed by atoms with E-state index in [-0.39, 0.29) is 17.8 Å². The van der Waals surface area contributed by atoms with Crippen molar-refractivity contribution < 1.29 is 10.0 Å². The second-order valence-corrected chi connectivity index (χ2v) is 4.47. The summed E-state index contributed by atoms with van der Waals surface area (Å²) in [6, 6.07) is 12.3. The van der Waals surface area contributed by atoms with Crippen molar-refractivity contribution >= 4 is 17.5 Å². The lowest BCUT2D eigenvalue weighted by molar-refractivity contribution is -0.118. The SMILES string of the molecule is O=C(CCc1ccc(Cl)cc1)N=c1ccccn1O. The number of hydrogen-bond donors (Lipinski definition) is 1. The van der Waals surface area contributed by atoms with Crippen molar-refractivity contribution in [3.05, 3.63) is 64.7 Å². The summed E-state index contributed by atoms with van der Waals surface area (Å²) in [5.41, 5.74) is 1.25. The first-order chi connectivity index (χ1) is 9.15. The molecule has 5 heteroatoms. The second kappa shape index (κ2) is 6.20. The summed E-state index contributed by atoms with van der Waals surface area (Å²) in [4.78, 5) is 15.5. The van der Waals surface area contributed by atoms with Gasteiger partial charge in [-0.25, -0.2) is 0 Å². The first-order valence-corrected chi connectivity index (χ1v) is 6.22. The van der Waals surface area contributed by atoms with Gasteiger partial charge in [0.05, 0.1) is 0 Å². The molecule has 0 aliphatic heterocycles. The predicted octanol–water partition coefficient (Wildman–Crippen LogP) is 2.44. The molecule has 0 bridgehead atoms. The topological polar surface area (TPSA) is 54.6 Å². The minimum atomic E-state index is -0.274. The molecule has 0 fully saturated rings. The first kappa shape index (κ1) is 13.4. The molecule has 0 atom stereocenters. The Kier molecular flexibility index (Phi) is 4.36. The molecule has 0 aliphatic rings. The Hall–Kier alpha value is -2.07. The summed E-state index contributed by atoms with van der Waals surface area (Å²) < 4.78 is 0.820. The number of carbonyl (C=O) groups excluding carboxylic acids is 1. The van der Waals surface area contributed by atoms with E-state index in [1.165, 1.54) is 6.20 Å². The fourth-order valence-corrected chi connectivity index (χ4v) is 1.73. The lowest BCUT2D eigenvalue weighted by Crippen LogP contribution is -2.19. The van der Waals surface area contributed by atoms with E-state index in [1.807, 2.05) is 12.1 Å². The number of rotatable bonds is 3. The minimum Gasteiger partial charge on any atom is -0.427 e. The van der Waals surface area contributed by atoms with Crippen molar-refractivity contribution in [3.8, 4) is 0 Å². The van der Waals surface area contributed by atoms with Gasteiger partial charge in [-0.3, -0.25) is 4.79 Å². The Bertz CT molecular complexity index is 632. The van der Waals surface area contributed by atoms with Crippen LogP contribution in [0.4, 0.5) is 0 Å². The summed E-state index contributed by atoms with van der Waals surface area (Å²) in [5.74, 6) is -0.274. The normalized spacial score (nSPS) is 11.5. The molecule has 1 aromatic carbocycles. The predicted molar refractivity (Wildman–Crippen MR) is 72.0 cm³/mol. The molecular weight excluding hydrogens is 264 g/mol. The van der Waals surface area contributed by atoms with Crippen LogP contribution in [0.25, 0.3) is 0 Å². The lowest BCUT2D eigenvalue weighted by Gasteiger charge is -1.99. The maximum atomic E-state index is 11.7. The van der Waals surface area contributed by atoms with Crippen LogP contribution in [-0.4, -0.2) is 15.8 Å². The van der Waals surface area contributed by atoms with Crippen molar-refractivity contribution in [2.75, 3.05) is 0 Å². The van der Waals surface area contributed by atoms with Crippen LogP contribution in [0.3, 0.4) is 0 Å². The largest absolute Gasteiger partial charge is 0.427 e. The number of halogens is 1. The highest BCUT2D eigenvalue weighted by molar-refractivity contribution is 6.30. The van der Waals surface area contributed by atoms with Crippen LogP contribution in [-0.2, 0) is 11.2 Å². The van der Waals surface area contributed by atoms with Gasteiger partial charge in [0.1, 0.15) is 0 Å². The van der Waals surface area contributed by atoms with Gasteiger partial charge in [0.2, 0.25) is 5.91 Å². The Morgan fingerprint density at radius 3 is 2.63 bits per heavy atom. The minimum absolute atomic E-state index is 0.226. The number of carbonyl (C=O) groups is 1. The van der Waals surface area contributed by atoms with Crippen LogP contribution in [0.15, 0.2) is 53.7 Å². The van der Waals surface area contributed by atoms with E-state index >= 15 is 0 Å². The van der Waals surface area contributed by atoms with Crippen LogP contribution in [0.2, 0.25) is 5.02 Å². The van der Waals surface area contributed by atoms with E-state index in [2.05, 4.69) is 4.99 Å². The summed E-state index contributed by atoms with van der Waals surface area (Å²) in [6.07, 6.45) is 2.31. The number of benzene rings is 1. The molecule has 19 heavy (non-hydrogen) atoms. The average molecular weight is 277 g/mol. The van der Waals surface area contributed by atoms with Gasteiger partial charge in [-0.15, -0.1) is 0 Å². The number of nitrogens with zero attached hydrogens (tertiary/aromatic N) is 2. The number of hydrogen-bond acceptors (Lipinski definition) is 2. The zero-order chi connectivity index (χ0) is 13.7. The summed E-state index contributed by atoms with van der Waals surface area (Å²) in [5, 5.41) is 10.1. The van der Waals surface area contributed by atoms with Crippen molar-refractivity contribution in [3.63, 3.8) is 0 Å². The molecule has 0 radical (unpaired) electrons.